The second-order valence-electron chi connectivity index (χ2n) is 5.06. The average Bonchev–Trinajstić information content (AvgIpc) is 2.64. The number of hydrogen-bond donors (Lipinski definition) is 2. The lowest BCUT2D eigenvalue weighted by Crippen LogP contribution is -2.43. The Morgan fingerprint density at radius 3 is 2.36 bits per heavy atom. The topological polar surface area (TPSA) is 80.5 Å². The minimum Gasteiger partial charge on any atom is -0.319 e. The van der Waals surface area contributed by atoms with Crippen molar-refractivity contribution in [3.05, 3.63) is 5.82 Å². The van der Waals surface area contributed by atoms with Crippen molar-refractivity contribution in [1.82, 2.24) is 20.6 Å². The molecule has 1 aliphatic rings. The molecule has 1 saturated carbocycles. The van der Waals surface area contributed by atoms with Crippen LogP contribution in [0.1, 0.15) is 45.4 Å². The van der Waals surface area contributed by atoms with Crippen LogP contribution in [0.5, 0.6) is 0 Å². The lowest BCUT2D eigenvalue weighted by Gasteiger charge is -2.39. The first-order chi connectivity index (χ1) is 6.52. The average molecular weight is 195 g/mol. The van der Waals surface area contributed by atoms with Crippen LogP contribution in [0.4, 0.5) is 0 Å². The van der Waals surface area contributed by atoms with Crippen molar-refractivity contribution in [3.63, 3.8) is 0 Å². The van der Waals surface area contributed by atoms with Crippen LogP contribution < -0.4 is 5.73 Å². The normalized spacial score (nSPS) is 24.8. The van der Waals surface area contributed by atoms with Crippen molar-refractivity contribution in [2.24, 2.45) is 11.1 Å². The molecule has 1 heterocycles. The van der Waals surface area contributed by atoms with Gasteiger partial charge in [-0.2, -0.15) is 5.21 Å². The van der Waals surface area contributed by atoms with E-state index in [2.05, 4.69) is 34.5 Å². The summed E-state index contributed by atoms with van der Waals surface area (Å²) in [6.45, 7) is 4.56. The van der Waals surface area contributed by atoms with Crippen LogP contribution in [0, 0.1) is 5.41 Å². The third-order valence-corrected chi connectivity index (χ3v) is 3.29. The highest BCUT2D eigenvalue weighted by Gasteiger charge is 2.39. The van der Waals surface area contributed by atoms with Gasteiger partial charge in [0, 0.05) is 0 Å². The number of rotatable bonds is 1. The van der Waals surface area contributed by atoms with Crippen molar-refractivity contribution >= 4 is 0 Å². The van der Waals surface area contributed by atoms with Gasteiger partial charge < -0.3 is 5.73 Å². The van der Waals surface area contributed by atoms with Crippen LogP contribution in [-0.4, -0.2) is 20.6 Å². The van der Waals surface area contributed by atoms with Gasteiger partial charge in [0.1, 0.15) is 0 Å². The summed E-state index contributed by atoms with van der Waals surface area (Å²) < 4.78 is 0. The summed E-state index contributed by atoms with van der Waals surface area (Å²) in [6.07, 6.45) is 4.13. The van der Waals surface area contributed by atoms with Crippen LogP contribution in [-0.2, 0) is 5.54 Å². The first-order valence-corrected chi connectivity index (χ1v) is 5.05. The smallest absolute Gasteiger partial charge is 0.194 e. The van der Waals surface area contributed by atoms with Crippen molar-refractivity contribution in [2.75, 3.05) is 0 Å². The van der Waals surface area contributed by atoms with Crippen LogP contribution in [0.3, 0.4) is 0 Å². The van der Waals surface area contributed by atoms with Crippen molar-refractivity contribution in [3.8, 4) is 0 Å². The van der Waals surface area contributed by atoms with E-state index in [1.54, 1.807) is 0 Å². The molecule has 3 N–H and O–H groups in total. The molecule has 0 amide bonds. The van der Waals surface area contributed by atoms with E-state index in [1.807, 2.05) is 0 Å². The summed E-state index contributed by atoms with van der Waals surface area (Å²) >= 11 is 0. The molecular formula is C9H17N5. The predicted molar refractivity (Wildman–Crippen MR) is 52.3 cm³/mol. The molecule has 0 atom stereocenters. The Morgan fingerprint density at radius 2 is 1.86 bits per heavy atom. The first kappa shape index (κ1) is 9.58. The van der Waals surface area contributed by atoms with E-state index in [-0.39, 0.29) is 5.54 Å². The number of aromatic amines is 1. The molecule has 2 rings (SSSR count). The van der Waals surface area contributed by atoms with Gasteiger partial charge >= 0.3 is 0 Å². The predicted octanol–water partition coefficient (Wildman–Crippen LogP) is 0.954. The zero-order chi connectivity index (χ0) is 10.2. The molecule has 1 fully saturated rings. The number of nitrogens with two attached hydrogens (primary N) is 1. The fourth-order valence-electron chi connectivity index (χ4n) is 1.97. The zero-order valence-corrected chi connectivity index (χ0v) is 8.75. The molecule has 0 bridgehead atoms. The fourth-order valence-corrected chi connectivity index (χ4v) is 1.97. The van der Waals surface area contributed by atoms with Crippen molar-refractivity contribution in [2.45, 2.75) is 45.1 Å². The molecule has 5 nitrogen and oxygen atoms in total. The van der Waals surface area contributed by atoms with E-state index in [1.165, 1.54) is 0 Å². The van der Waals surface area contributed by atoms with Gasteiger partial charge in [-0.25, -0.2) is 0 Å². The third-order valence-electron chi connectivity index (χ3n) is 3.29. The van der Waals surface area contributed by atoms with E-state index in [0.717, 1.165) is 25.7 Å². The Kier molecular flexibility index (Phi) is 2.06. The number of nitrogens with one attached hydrogen (secondary N) is 1. The maximum Gasteiger partial charge on any atom is 0.194 e. The molecular weight excluding hydrogens is 178 g/mol. The van der Waals surface area contributed by atoms with Gasteiger partial charge in [0.25, 0.3) is 0 Å². The monoisotopic (exact) mass is 195 g/mol. The van der Waals surface area contributed by atoms with Gasteiger partial charge in [0.15, 0.2) is 5.82 Å². The Morgan fingerprint density at radius 1 is 1.21 bits per heavy atom. The number of aromatic nitrogens is 4. The van der Waals surface area contributed by atoms with Gasteiger partial charge in [-0.05, 0) is 31.1 Å². The summed E-state index contributed by atoms with van der Waals surface area (Å²) in [5.41, 5.74) is 6.31. The van der Waals surface area contributed by atoms with E-state index in [4.69, 9.17) is 5.73 Å². The molecule has 78 valence electrons. The molecule has 5 heteroatoms. The summed E-state index contributed by atoms with van der Waals surface area (Å²) in [4.78, 5) is 0. The van der Waals surface area contributed by atoms with Gasteiger partial charge in [-0.15, -0.1) is 10.2 Å². The Labute approximate surface area is 83.5 Å². The quantitative estimate of drug-likeness (QED) is 0.699. The Bertz CT molecular complexity index is 293. The highest BCUT2D eigenvalue weighted by atomic mass is 15.5. The minimum atomic E-state index is -0.359. The molecule has 0 aliphatic heterocycles. The maximum absolute atomic E-state index is 6.26. The Hall–Kier alpha value is -0.970. The number of nitrogens with zero attached hydrogens (tertiary/aromatic N) is 3. The number of hydrogen-bond acceptors (Lipinski definition) is 4. The van der Waals surface area contributed by atoms with E-state index in [9.17, 15) is 0 Å². The second kappa shape index (κ2) is 3.02. The van der Waals surface area contributed by atoms with Gasteiger partial charge in [-0.1, -0.05) is 19.1 Å². The van der Waals surface area contributed by atoms with Crippen molar-refractivity contribution < 1.29 is 0 Å². The molecule has 1 aliphatic carbocycles. The first-order valence-electron chi connectivity index (χ1n) is 5.05. The van der Waals surface area contributed by atoms with Crippen LogP contribution >= 0.6 is 0 Å². The molecule has 1 aromatic rings. The lowest BCUT2D eigenvalue weighted by molar-refractivity contribution is 0.159. The third kappa shape index (κ3) is 1.64. The highest BCUT2D eigenvalue weighted by Crippen LogP contribution is 2.42. The SMILES string of the molecule is CC1(C)CCC(N)(c2nn[nH]n2)CC1. The zero-order valence-electron chi connectivity index (χ0n) is 8.75. The number of H-pyrrole nitrogens is 1. The summed E-state index contributed by atoms with van der Waals surface area (Å²) in [5.74, 6) is 0.660. The van der Waals surface area contributed by atoms with Crippen LogP contribution in [0.15, 0.2) is 0 Å². The summed E-state index contributed by atoms with van der Waals surface area (Å²) in [7, 11) is 0. The van der Waals surface area contributed by atoms with Gasteiger partial charge in [0.05, 0.1) is 5.54 Å². The summed E-state index contributed by atoms with van der Waals surface area (Å²) in [6, 6.07) is 0. The largest absolute Gasteiger partial charge is 0.319 e. The highest BCUT2D eigenvalue weighted by molar-refractivity contribution is 5.04. The lowest BCUT2D eigenvalue weighted by atomic mass is 9.69. The van der Waals surface area contributed by atoms with Crippen LogP contribution in [0.25, 0.3) is 0 Å². The van der Waals surface area contributed by atoms with Gasteiger partial charge in [0.2, 0.25) is 0 Å². The Balaban J connectivity index is 2.13. The molecule has 0 saturated heterocycles. The summed E-state index contributed by atoms with van der Waals surface area (Å²) in [5, 5.41) is 14.0. The molecule has 0 radical (unpaired) electrons. The second-order valence-corrected chi connectivity index (χ2v) is 5.06. The molecule has 14 heavy (non-hydrogen) atoms. The van der Waals surface area contributed by atoms with Crippen molar-refractivity contribution in [1.29, 1.82) is 0 Å². The van der Waals surface area contributed by atoms with E-state index >= 15 is 0 Å². The van der Waals surface area contributed by atoms with Gasteiger partial charge in [-0.3, -0.25) is 0 Å². The fraction of sp³-hybridized carbons (Fsp3) is 0.889. The minimum absolute atomic E-state index is 0.359. The molecule has 0 unspecified atom stereocenters. The maximum atomic E-state index is 6.26. The van der Waals surface area contributed by atoms with Crippen LogP contribution in [0.2, 0.25) is 0 Å². The van der Waals surface area contributed by atoms with E-state index < -0.39 is 0 Å². The standard InChI is InChI=1S/C9H17N5/c1-8(2)3-5-9(10,6-4-8)7-11-13-14-12-7/h3-6,10H2,1-2H3,(H,11,12,13,14). The molecule has 0 aromatic carbocycles. The van der Waals surface area contributed by atoms with E-state index in [0.29, 0.717) is 11.2 Å². The number of tetrazole rings is 1. The molecule has 1 aromatic heterocycles. The molecule has 0 spiro atoms.